The molecule has 0 saturated carbocycles. The number of ether oxygens (including phenoxy) is 1. The summed E-state index contributed by atoms with van der Waals surface area (Å²) in [6, 6.07) is 10.2. The molecular weight excluding hydrogens is 314 g/mol. The average Bonchev–Trinajstić information content (AvgIpc) is 3.15. The highest BCUT2D eigenvalue weighted by Crippen LogP contribution is 2.30. The van der Waals surface area contributed by atoms with Crippen LogP contribution < -0.4 is 0 Å². The monoisotopic (exact) mass is 339 g/mol. The second-order valence-corrected chi connectivity index (χ2v) is 7.07. The second-order valence-electron chi connectivity index (χ2n) is 7.07. The van der Waals surface area contributed by atoms with Gasteiger partial charge in [-0.15, -0.1) is 0 Å². The first-order valence-electron chi connectivity index (χ1n) is 9.27. The Morgan fingerprint density at radius 3 is 2.84 bits per heavy atom. The van der Waals surface area contributed by atoms with E-state index in [1.807, 2.05) is 34.0 Å². The van der Waals surface area contributed by atoms with Gasteiger partial charge in [-0.05, 0) is 36.8 Å². The minimum atomic E-state index is 0.0770. The fourth-order valence-electron chi connectivity index (χ4n) is 3.80. The lowest BCUT2D eigenvalue weighted by atomic mass is 9.92. The molecule has 0 radical (unpaired) electrons. The Hall–Kier alpha value is -2.14. The molecule has 5 nitrogen and oxygen atoms in total. The zero-order valence-electron chi connectivity index (χ0n) is 14.5. The van der Waals surface area contributed by atoms with Crippen molar-refractivity contribution in [3.05, 3.63) is 53.9 Å². The standard InChI is InChI=1S/C20H25N3O2/c24-19-10-9-17(14-22(19)13-16-6-2-1-3-7-16)18-12-21-23(15-18)20-8-4-5-11-25-20/h1-3,6-7,12,15,17,20H,4-5,8-11,13-14H2. The lowest BCUT2D eigenvalue weighted by molar-refractivity contribution is -0.134. The van der Waals surface area contributed by atoms with Gasteiger partial charge in [0.05, 0.1) is 6.20 Å². The van der Waals surface area contributed by atoms with Crippen LogP contribution >= 0.6 is 0 Å². The summed E-state index contributed by atoms with van der Waals surface area (Å²) in [7, 11) is 0. The van der Waals surface area contributed by atoms with Gasteiger partial charge in [0.15, 0.2) is 0 Å². The molecule has 4 rings (SSSR count). The van der Waals surface area contributed by atoms with Gasteiger partial charge >= 0.3 is 0 Å². The number of carbonyl (C=O) groups is 1. The van der Waals surface area contributed by atoms with E-state index in [0.29, 0.717) is 18.9 Å². The number of carbonyl (C=O) groups excluding carboxylic acids is 1. The van der Waals surface area contributed by atoms with Crippen LogP contribution in [0.2, 0.25) is 0 Å². The van der Waals surface area contributed by atoms with Crippen molar-refractivity contribution < 1.29 is 9.53 Å². The van der Waals surface area contributed by atoms with E-state index in [1.165, 1.54) is 17.5 Å². The van der Waals surface area contributed by atoms with Gasteiger partial charge in [0.2, 0.25) is 5.91 Å². The second kappa shape index (κ2) is 7.40. The fraction of sp³-hybridized carbons (Fsp3) is 0.500. The molecule has 0 N–H and O–H groups in total. The largest absolute Gasteiger partial charge is 0.357 e. The third-order valence-corrected chi connectivity index (χ3v) is 5.26. The lowest BCUT2D eigenvalue weighted by Gasteiger charge is -2.32. The number of likely N-dealkylation sites (tertiary alicyclic amines) is 1. The number of aromatic nitrogens is 2. The van der Waals surface area contributed by atoms with Gasteiger partial charge in [-0.1, -0.05) is 30.3 Å². The van der Waals surface area contributed by atoms with E-state index < -0.39 is 0 Å². The first kappa shape index (κ1) is 16.3. The molecule has 2 aliphatic rings. The first-order valence-corrected chi connectivity index (χ1v) is 9.27. The predicted octanol–water partition coefficient (Wildman–Crippen LogP) is 3.49. The van der Waals surface area contributed by atoms with E-state index in [0.717, 1.165) is 32.4 Å². The van der Waals surface area contributed by atoms with Crippen LogP contribution in [0.5, 0.6) is 0 Å². The first-order chi connectivity index (χ1) is 12.3. The Morgan fingerprint density at radius 2 is 2.04 bits per heavy atom. The highest BCUT2D eigenvalue weighted by Gasteiger charge is 2.28. The van der Waals surface area contributed by atoms with Crippen LogP contribution in [0.15, 0.2) is 42.7 Å². The molecule has 1 aromatic heterocycles. The van der Waals surface area contributed by atoms with Crippen LogP contribution in [-0.4, -0.2) is 33.7 Å². The van der Waals surface area contributed by atoms with Crippen molar-refractivity contribution >= 4 is 5.91 Å². The molecule has 2 atom stereocenters. The Labute approximate surface area is 148 Å². The van der Waals surface area contributed by atoms with Gasteiger partial charge in [-0.2, -0.15) is 5.10 Å². The third kappa shape index (κ3) is 3.76. The van der Waals surface area contributed by atoms with Gasteiger partial charge < -0.3 is 9.64 Å². The van der Waals surface area contributed by atoms with Gasteiger partial charge in [0.1, 0.15) is 6.23 Å². The van der Waals surface area contributed by atoms with Crippen LogP contribution in [0.3, 0.4) is 0 Å². The van der Waals surface area contributed by atoms with E-state index in [4.69, 9.17) is 4.74 Å². The Bertz CT molecular complexity index is 707. The molecule has 1 amide bonds. The van der Waals surface area contributed by atoms with Crippen LogP contribution in [0.25, 0.3) is 0 Å². The van der Waals surface area contributed by atoms with Crippen LogP contribution in [-0.2, 0) is 16.1 Å². The number of benzene rings is 1. The highest BCUT2D eigenvalue weighted by molar-refractivity contribution is 5.77. The summed E-state index contributed by atoms with van der Waals surface area (Å²) in [5.74, 6) is 0.613. The smallest absolute Gasteiger partial charge is 0.222 e. The Balaban J connectivity index is 1.44. The molecule has 0 bridgehead atoms. The quantitative estimate of drug-likeness (QED) is 0.857. The lowest BCUT2D eigenvalue weighted by Crippen LogP contribution is -2.38. The average molecular weight is 339 g/mol. The van der Waals surface area contributed by atoms with Crippen LogP contribution in [0.4, 0.5) is 0 Å². The minimum Gasteiger partial charge on any atom is -0.357 e. The molecule has 2 saturated heterocycles. The van der Waals surface area contributed by atoms with Gasteiger partial charge in [-0.25, -0.2) is 4.68 Å². The van der Waals surface area contributed by atoms with E-state index in [1.54, 1.807) is 0 Å². The zero-order valence-corrected chi connectivity index (χ0v) is 14.5. The number of nitrogens with zero attached hydrogens (tertiary/aromatic N) is 3. The van der Waals surface area contributed by atoms with Crippen molar-refractivity contribution in [2.24, 2.45) is 0 Å². The molecule has 0 aliphatic carbocycles. The number of rotatable bonds is 4. The van der Waals surface area contributed by atoms with E-state index in [2.05, 4.69) is 23.4 Å². The van der Waals surface area contributed by atoms with Crippen LogP contribution in [0, 0.1) is 0 Å². The molecular formula is C20H25N3O2. The topological polar surface area (TPSA) is 47.4 Å². The normalized spacial score (nSPS) is 24.5. The molecule has 132 valence electrons. The summed E-state index contributed by atoms with van der Waals surface area (Å²) < 4.78 is 7.78. The maximum atomic E-state index is 12.3. The summed E-state index contributed by atoms with van der Waals surface area (Å²) in [6.45, 7) is 2.28. The van der Waals surface area contributed by atoms with E-state index in [9.17, 15) is 4.79 Å². The Kier molecular flexibility index (Phi) is 4.83. The molecule has 2 aromatic rings. The van der Waals surface area contributed by atoms with Gasteiger partial charge in [-0.3, -0.25) is 4.79 Å². The van der Waals surface area contributed by atoms with Crippen molar-refractivity contribution in [1.29, 1.82) is 0 Å². The maximum Gasteiger partial charge on any atom is 0.222 e. The summed E-state index contributed by atoms with van der Waals surface area (Å²) in [5, 5.41) is 4.53. The van der Waals surface area contributed by atoms with Gasteiger partial charge in [0, 0.05) is 38.2 Å². The number of piperidine rings is 1. The molecule has 3 heterocycles. The number of hydrogen-bond donors (Lipinski definition) is 0. The van der Waals surface area contributed by atoms with Crippen molar-refractivity contribution in [1.82, 2.24) is 14.7 Å². The van der Waals surface area contributed by atoms with Crippen molar-refractivity contribution in [2.45, 2.75) is 50.8 Å². The SMILES string of the molecule is O=C1CCC(c2cnn(C3CCCCO3)c2)CN1Cc1ccccc1. The summed E-state index contributed by atoms with van der Waals surface area (Å²) in [4.78, 5) is 14.3. The molecule has 2 fully saturated rings. The zero-order chi connectivity index (χ0) is 17.1. The highest BCUT2D eigenvalue weighted by atomic mass is 16.5. The third-order valence-electron chi connectivity index (χ3n) is 5.26. The number of hydrogen-bond acceptors (Lipinski definition) is 3. The molecule has 25 heavy (non-hydrogen) atoms. The maximum absolute atomic E-state index is 12.3. The van der Waals surface area contributed by atoms with Crippen molar-refractivity contribution in [3.8, 4) is 0 Å². The van der Waals surface area contributed by atoms with Crippen molar-refractivity contribution in [2.75, 3.05) is 13.2 Å². The number of amides is 1. The Morgan fingerprint density at radius 1 is 1.16 bits per heavy atom. The summed E-state index contributed by atoms with van der Waals surface area (Å²) >= 11 is 0. The predicted molar refractivity (Wildman–Crippen MR) is 94.9 cm³/mol. The van der Waals surface area contributed by atoms with E-state index >= 15 is 0 Å². The molecule has 1 aromatic carbocycles. The fourth-order valence-corrected chi connectivity index (χ4v) is 3.80. The van der Waals surface area contributed by atoms with Crippen molar-refractivity contribution in [3.63, 3.8) is 0 Å². The van der Waals surface area contributed by atoms with E-state index in [-0.39, 0.29) is 12.1 Å². The summed E-state index contributed by atoms with van der Waals surface area (Å²) in [5.41, 5.74) is 2.41. The molecule has 5 heteroatoms. The van der Waals surface area contributed by atoms with Crippen LogP contribution in [0.1, 0.15) is 55.4 Å². The molecule has 0 spiro atoms. The van der Waals surface area contributed by atoms with Gasteiger partial charge in [0.25, 0.3) is 0 Å². The summed E-state index contributed by atoms with van der Waals surface area (Å²) in [6.07, 6.45) is 9.05. The molecule has 2 unspecified atom stereocenters. The minimum absolute atomic E-state index is 0.0770. The molecule has 2 aliphatic heterocycles.